The number of nitrogens with two attached hydrogens (primary N) is 1. The Balaban J connectivity index is 1.81. The maximum atomic E-state index is 14.6. The van der Waals surface area contributed by atoms with Crippen molar-refractivity contribution < 1.29 is 31.1 Å². The number of aliphatic imine (C=N–C) groups is 1. The van der Waals surface area contributed by atoms with Crippen molar-refractivity contribution in [3.63, 3.8) is 0 Å². The number of hydrogen-bond acceptors (Lipinski definition) is 9. The Morgan fingerprint density at radius 2 is 2.13 bits per heavy atom. The van der Waals surface area contributed by atoms with Gasteiger partial charge in [-0.05, 0) is 31.0 Å². The zero-order valence-electron chi connectivity index (χ0n) is 21.5. The number of thiazole rings is 1. The molecule has 2 aromatic rings. The van der Waals surface area contributed by atoms with Crippen LogP contribution in [-0.2, 0) is 19.7 Å². The van der Waals surface area contributed by atoms with Crippen LogP contribution in [0.25, 0.3) is 0 Å². The Bertz CT molecular complexity index is 1400. The summed E-state index contributed by atoms with van der Waals surface area (Å²) in [7, 11) is -2.90. The standard InChI is InChI=1S/C24H29F3N6O4S2/c1-4-37-23(34)19-18(12-33-13-24(26,27)10-15(33)11-32(3)39(28,35)36)30-21(22-29-8-9-38-22)31-20(19)16-6-5-7-17(25)14(16)2/h5-9,15,20H,4,10-13H2,1-3H3,(H,30,31)(H2,28,35,36)/t15-,20+/m1/s1. The molecule has 1 saturated heterocycles. The lowest BCUT2D eigenvalue weighted by Crippen LogP contribution is -2.46. The SMILES string of the molecule is CCOC(=O)C1=C(CN2CC(F)(F)C[C@@H]2CN(C)S(N)(=O)=O)NC(c2nccs2)=N[C@H]1c1cccc(F)c1C. The minimum absolute atomic E-state index is 0.0388. The maximum absolute atomic E-state index is 14.6. The molecular formula is C24H29F3N6O4S2. The zero-order valence-corrected chi connectivity index (χ0v) is 23.2. The molecule has 0 saturated carbocycles. The lowest BCUT2D eigenvalue weighted by molar-refractivity contribution is -0.139. The molecule has 0 radical (unpaired) electrons. The summed E-state index contributed by atoms with van der Waals surface area (Å²) in [5.74, 6) is -4.05. The molecule has 3 heterocycles. The Hall–Kier alpha value is -2.85. The highest BCUT2D eigenvalue weighted by Crippen LogP contribution is 2.38. The first kappa shape index (κ1) is 29.1. The molecule has 10 nitrogen and oxygen atoms in total. The van der Waals surface area contributed by atoms with Crippen molar-refractivity contribution in [3.05, 3.63) is 63.0 Å². The normalized spacial score (nSPS) is 21.7. The first-order valence-electron chi connectivity index (χ1n) is 12.1. The van der Waals surface area contributed by atoms with Gasteiger partial charge in [0.1, 0.15) is 11.9 Å². The molecule has 0 spiro atoms. The Labute approximate surface area is 228 Å². The fourth-order valence-electron chi connectivity index (χ4n) is 4.70. The zero-order chi connectivity index (χ0) is 28.5. The second-order valence-corrected chi connectivity index (χ2v) is 11.9. The van der Waals surface area contributed by atoms with Crippen LogP contribution in [0, 0.1) is 12.7 Å². The molecule has 212 valence electrons. The molecule has 2 aliphatic rings. The van der Waals surface area contributed by atoms with Gasteiger partial charge in [-0.2, -0.15) is 12.7 Å². The molecule has 2 atom stereocenters. The van der Waals surface area contributed by atoms with Crippen LogP contribution in [-0.4, -0.2) is 79.7 Å². The number of nitrogens with zero attached hydrogens (tertiary/aromatic N) is 4. The van der Waals surface area contributed by atoms with Gasteiger partial charge in [-0.15, -0.1) is 11.3 Å². The summed E-state index contributed by atoms with van der Waals surface area (Å²) >= 11 is 1.27. The van der Waals surface area contributed by atoms with Gasteiger partial charge in [0.15, 0.2) is 10.8 Å². The number of likely N-dealkylation sites (N-methyl/N-ethyl adjacent to an activating group) is 1. The molecule has 1 fully saturated rings. The van der Waals surface area contributed by atoms with E-state index in [1.54, 1.807) is 31.5 Å². The highest BCUT2D eigenvalue weighted by molar-refractivity contribution is 7.86. The van der Waals surface area contributed by atoms with Gasteiger partial charge in [-0.1, -0.05) is 12.1 Å². The van der Waals surface area contributed by atoms with Gasteiger partial charge >= 0.3 is 5.97 Å². The van der Waals surface area contributed by atoms with E-state index in [0.717, 1.165) is 4.31 Å². The number of alkyl halides is 2. The van der Waals surface area contributed by atoms with Crippen molar-refractivity contribution in [2.75, 3.05) is 33.3 Å². The number of carbonyl (C=O) groups is 1. The molecule has 3 N–H and O–H groups in total. The third-order valence-electron chi connectivity index (χ3n) is 6.61. The van der Waals surface area contributed by atoms with Crippen molar-refractivity contribution in [2.45, 2.75) is 38.3 Å². The van der Waals surface area contributed by atoms with Crippen LogP contribution < -0.4 is 10.5 Å². The molecule has 39 heavy (non-hydrogen) atoms. The van der Waals surface area contributed by atoms with Crippen LogP contribution in [0.15, 0.2) is 46.0 Å². The molecule has 0 aliphatic carbocycles. The first-order chi connectivity index (χ1) is 18.3. The largest absolute Gasteiger partial charge is 0.463 e. The number of esters is 1. The van der Waals surface area contributed by atoms with E-state index in [9.17, 15) is 26.4 Å². The number of aromatic nitrogens is 1. The number of halogens is 3. The smallest absolute Gasteiger partial charge is 0.338 e. The van der Waals surface area contributed by atoms with E-state index >= 15 is 0 Å². The van der Waals surface area contributed by atoms with Gasteiger partial charge in [0.2, 0.25) is 0 Å². The monoisotopic (exact) mass is 586 g/mol. The topological polar surface area (TPSA) is 130 Å². The minimum atomic E-state index is -4.11. The summed E-state index contributed by atoms with van der Waals surface area (Å²) in [6, 6.07) is 2.52. The van der Waals surface area contributed by atoms with E-state index in [-0.39, 0.29) is 42.4 Å². The van der Waals surface area contributed by atoms with E-state index in [0.29, 0.717) is 10.6 Å². The van der Waals surface area contributed by atoms with E-state index in [1.165, 1.54) is 35.4 Å². The van der Waals surface area contributed by atoms with Crippen LogP contribution in [0.4, 0.5) is 13.2 Å². The quantitative estimate of drug-likeness (QED) is 0.432. The van der Waals surface area contributed by atoms with Gasteiger partial charge < -0.3 is 10.1 Å². The molecule has 0 bridgehead atoms. The predicted octanol–water partition coefficient (Wildman–Crippen LogP) is 2.34. The number of ether oxygens (including phenoxy) is 1. The third-order valence-corrected chi connectivity index (χ3v) is 8.41. The van der Waals surface area contributed by atoms with Crippen LogP contribution in [0.2, 0.25) is 0 Å². The minimum Gasteiger partial charge on any atom is -0.463 e. The highest BCUT2D eigenvalue weighted by Gasteiger charge is 2.47. The number of likely N-dealkylation sites (tertiary alicyclic amines) is 1. The number of rotatable bonds is 9. The van der Waals surface area contributed by atoms with Crippen LogP contribution in [0.3, 0.4) is 0 Å². The van der Waals surface area contributed by atoms with Crippen LogP contribution in [0.5, 0.6) is 0 Å². The summed E-state index contributed by atoms with van der Waals surface area (Å²) < 4.78 is 73.5. The average molecular weight is 587 g/mol. The number of carbonyl (C=O) groups excluding carboxylic acids is 1. The number of nitrogens with one attached hydrogen (secondary N) is 1. The molecule has 0 amide bonds. The number of amidine groups is 1. The summed E-state index contributed by atoms with van der Waals surface area (Å²) in [5, 5.41) is 10.5. The van der Waals surface area contributed by atoms with Crippen LogP contribution >= 0.6 is 11.3 Å². The van der Waals surface area contributed by atoms with Gasteiger partial charge in [0.05, 0.1) is 18.7 Å². The van der Waals surface area contributed by atoms with Crippen LogP contribution in [0.1, 0.15) is 35.5 Å². The fraction of sp³-hybridized carbons (Fsp3) is 0.458. The van der Waals surface area contributed by atoms with E-state index < -0.39 is 53.0 Å². The van der Waals surface area contributed by atoms with Crippen molar-refractivity contribution >= 4 is 33.4 Å². The number of hydrogen-bond donors (Lipinski definition) is 2. The molecule has 1 aromatic carbocycles. The summed E-state index contributed by atoms with van der Waals surface area (Å²) in [6.07, 6.45) is 0.964. The van der Waals surface area contributed by atoms with Crippen molar-refractivity contribution in [1.82, 2.24) is 19.5 Å². The fourth-order valence-corrected chi connectivity index (χ4v) is 5.67. The van der Waals surface area contributed by atoms with E-state index in [1.807, 2.05) is 0 Å². The Morgan fingerprint density at radius 1 is 1.38 bits per heavy atom. The first-order valence-corrected chi connectivity index (χ1v) is 14.4. The molecular weight excluding hydrogens is 557 g/mol. The molecule has 15 heteroatoms. The Morgan fingerprint density at radius 3 is 2.77 bits per heavy atom. The summed E-state index contributed by atoms with van der Waals surface area (Å²) in [6.45, 7) is 2.08. The molecule has 1 aromatic heterocycles. The molecule has 4 rings (SSSR count). The second kappa shape index (κ2) is 11.3. The second-order valence-electron chi connectivity index (χ2n) is 9.35. The van der Waals surface area contributed by atoms with Gasteiger partial charge in [-0.25, -0.2) is 28.1 Å². The van der Waals surface area contributed by atoms with Crippen molar-refractivity contribution in [3.8, 4) is 0 Å². The maximum Gasteiger partial charge on any atom is 0.338 e. The van der Waals surface area contributed by atoms with Gasteiger partial charge in [0, 0.05) is 49.9 Å². The predicted molar refractivity (Wildman–Crippen MR) is 140 cm³/mol. The third kappa shape index (κ3) is 6.49. The van der Waals surface area contributed by atoms with Gasteiger partial charge in [0.25, 0.3) is 16.1 Å². The van der Waals surface area contributed by atoms with E-state index in [2.05, 4.69) is 10.3 Å². The van der Waals surface area contributed by atoms with Crippen molar-refractivity contribution in [2.24, 2.45) is 10.1 Å². The highest BCUT2D eigenvalue weighted by atomic mass is 32.2. The summed E-state index contributed by atoms with van der Waals surface area (Å²) in [4.78, 5) is 23.7. The lowest BCUT2D eigenvalue weighted by atomic mass is 9.92. The van der Waals surface area contributed by atoms with Crippen molar-refractivity contribution in [1.29, 1.82) is 0 Å². The molecule has 2 aliphatic heterocycles. The summed E-state index contributed by atoms with van der Waals surface area (Å²) in [5.41, 5.74) is 0.944. The number of benzene rings is 1. The van der Waals surface area contributed by atoms with Gasteiger partial charge in [-0.3, -0.25) is 9.89 Å². The average Bonchev–Trinajstić information content (AvgIpc) is 3.47. The lowest BCUT2D eigenvalue weighted by Gasteiger charge is -2.32. The Kier molecular flexibility index (Phi) is 8.47. The molecule has 0 unspecified atom stereocenters. The van der Waals surface area contributed by atoms with E-state index in [4.69, 9.17) is 14.9 Å².